The molecular weight excluding hydrogens is 456 g/mol. The number of halogens is 1. The lowest BCUT2D eigenvalue weighted by atomic mass is 10.1. The van der Waals surface area contributed by atoms with Crippen LogP contribution in [-0.4, -0.2) is 30.8 Å². The number of nitrogens with one attached hydrogen (secondary N) is 3. The molecule has 11 heteroatoms. The summed E-state index contributed by atoms with van der Waals surface area (Å²) in [6, 6.07) is 11.3. The maximum Gasteiger partial charge on any atom is 0.325 e. The maximum atomic E-state index is 13.5. The number of H-pyrrole nitrogens is 2. The van der Waals surface area contributed by atoms with Crippen LogP contribution < -0.4 is 20.9 Å². The second kappa shape index (κ2) is 9.01. The predicted molar refractivity (Wildman–Crippen MR) is 123 cm³/mol. The van der Waals surface area contributed by atoms with Crippen molar-refractivity contribution in [2.24, 2.45) is 0 Å². The standard InChI is InChI=1S/C21H21ClN4O5S/c1-12-8-13(2)10-17(9-12)26(11-18(27)24-16-6-4-15(22)5-7-16)32(30,31)19-14(3)23-21(29)25-20(19)28/h4-10H,11H2,1-3H3,(H,24,27)(H2,23,25,28,29). The molecule has 0 bridgehead atoms. The van der Waals surface area contributed by atoms with Crippen LogP contribution in [0.3, 0.4) is 0 Å². The molecule has 0 aliphatic rings. The minimum atomic E-state index is -4.52. The van der Waals surface area contributed by atoms with E-state index in [1.807, 2.05) is 11.1 Å². The average molecular weight is 477 g/mol. The van der Waals surface area contributed by atoms with E-state index < -0.39 is 38.6 Å². The molecule has 0 unspecified atom stereocenters. The zero-order valence-electron chi connectivity index (χ0n) is 17.5. The lowest BCUT2D eigenvalue weighted by Gasteiger charge is -2.25. The molecular formula is C21H21ClN4O5S. The normalized spacial score (nSPS) is 11.2. The van der Waals surface area contributed by atoms with Crippen molar-refractivity contribution in [1.82, 2.24) is 9.97 Å². The summed E-state index contributed by atoms with van der Waals surface area (Å²) in [7, 11) is -4.52. The summed E-state index contributed by atoms with van der Waals surface area (Å²) < 4.78 is 27.9. The van der Waals surface area contributed by atoms with Gasteiger partial charge in [-0.05, 0) is 68.3 Å². The summed E-state index contributed by atoms with van der Waals surface area (Å²) in [5, 5.41) is 3.09. The maximum absolute atomic E-state index is 13.5. The first-order valence-corrected chi connectivity index (χ1v) is 11.3. The van der Waals surface area contributed by atoms with Crippen molar-refractivity contribution in [3.63, 3.8) is 0 Å². The van der Waals surface area contributed by atoms with Crippen LogP contribution >= 0.6 is 11.6 Å². The topological polar surface area (TPSA) is 132 Å². The Balaban J connectivity index is 2.08. The van der Waals surface area contributed by atoms with Gasteiger partial charge >= 0.3 is 5.69 Å². The molecule has 3 aromatic rings. The van der Waals surface area contributed by atoms with Crippen LogP contribution in [0.5, 0.6) is 0 Å². The summed E-state index contributed by atoms with van der Waals surface area (Å²) in [5.41, 5.74) is 0.139. The fourth-order valence-corrected chi connectivity index (χ4v) is 5.02. The summed E-state index contributed by atoms with van der Waals surface area (Å²) in [4.78, 5) is 40.2. The zero-order chi connectivity index (χ0) is 23.6. The van der Waals surface area contributed by atoms with Crippen molar-refractivity contribution < 1.29 is 13.2 Å². The first kappa shape index (κ1) is 23.3. The van der Waals surface area contributed by atoms with E-state index in [4.69, 9.17) is 11.6 Å². The van der Waals surface area contributed by atoms with Gasteiger partial charge in [0.2, 0.25) is 5.91 Å². The Morgan fingerprint density at radius 2 is 1.59 bits per heavy atom. The molecule has 0 spiro atoms. The van der Waals surface area contributed by atoms with Crippen LogP contribution in [0.15, 0.2) is 56.9 Å². The largest absolute Gasteiger partial charge is 0.325 e. The lowest BCUT2D eigenvalue weighted by molar-refractivity contribution is -0.114. The second-order valence-corrected chi connectivity index (χ2v) is 9.51. The average Bonchev–Trinajstić information content (AvgIpc) is 2.66. The third kappa shape index (κ3) is 5.09. The van der Waals surface area contributed by atoms with Crippen molar-refractivity contribution in [2.45, 2.75) is 25.7 Å². The number of sulfonamides is 1. The van der Waals surface area contributed by atoms with Gasteiger partial charge in [0, 0.05) is 16.4 Å². The van der Waals surface area contributed by atoms with Crippen molar-refractivity contribution in [2.75, 3.05) is 16.2 Å². The highest BCUT2D eigenvalue weighted by Crippen LogP contribution is 2.25. The van der Waals surface area contributed by atoms with E-state index in [0.717, 1.165) is 15.4 Å². The molecule has 0 fully saturated rings. The third-order valence-corrected chi connectivity index (χ3v) is 6.71. The third-order valence-electron chi connectivity index (χ3n) is 4.53. The minimum absolute atomic E-state index is 0.133. The van der Waals surface area contributed by atoms with Crippen LogP contribution in [0.2, 0.25) is 5.02 Å². The summed E-state index contributed by atoms with van der Waals surface area (Å²) >= 11 is 5.85. The number of benzene rings is 2. The number of carbonyl (C=O) groups is 1. The SMILES string of the molecule is Cc1cc(C)cc(N(CC(=O)Nc2ccc(Cl)cc2)S(=O)(=O)c2c(C)[nH]c(=O)[nH]c2=O)c1. The van der Waals surface area contributed by atoms with Gasteiger partial charge in [0.05, 0.1) is 5.69 Å². The van der Waals surface area contributed by atoms with Gasteiger partial charge in [-0.3, -0.25) is 18.9 Å². The van der Waals surface area contributed by atoms with Crippen LogP contribution in [0, 0.1) is 20.8 Å². The van der Waals surface area contributed by atoms with E-state index in [2.05, 4.69) is 10.3 Å². The Hall–Kier alpha value is -3.37. The first-order valence-electron chi connectivity index (χ1n) is 9.47. The number of hydrogen-bond donors (Lipinski definition) is 3. The number of amides is 1. The van der Waals surface area contributed by atoms with Crippen molar-refractivity contribution >= 4 is 38.9 Å². The number of aromatic amines is 2. The zero-order valence-corrected chi connectivity index (χ0v) is 19.1. The molecule has 1 aromatic heterocycles. The number of carbonyl (C=O) groups excluding carboxylic acids is 1. The molecule has 0 saturated heterocycles. The number of hydrogen-bond acceptors (Lipinski definition) is 5. The van der Waals surface area contributed by atoms with Crippen molar-refractivity contribution in [3.8, 4) is 0 Å². The molecule has 3 N–H and O–H groups in total. The van der Waals surface area contributed by atoms with Crippen molar-refractivity contribution in [3.05, 3.63) is 85.1 Å². The number of rotatable bonds is 6. The number of nitrogens with zero attached hydrogens (tertiary/aromatic N) is 1. The Bertz CT molecular complexity index is 1370. The Kier molecular flexibility index (Phi) is 6.56. The second-order valence-electron chi connectivity index (χ2n) is 7.28. The predicted octanol–water partition coefficient (Wildman–Crippen LogP) is 2.48. The van der Waals surface area contributed by atoms with Gasteiger partial charge in [0.15, 0.2) is 4.90 Å². The molecule has 9 nitrogen and oxygen atoms in total. The van der Waals surface area contributed by atoms with Crippen LogP contribution in [0.25, 0.3) is 0 Å². The Labute approximate surface area is 189 Å². The quantitative estimate of drug-likeness (QED) is 0.502. The summed E-state index contributed by atoms with van der Waals surface area (Å²) in [6.45, 7) is 4.27. The fourth-order valence-electron chi connectivity index (χ4n) is 3.28. The summed E-state index contributed by atoms with van der Waals surface area (Å²) in [6.07, 6.45) is 0. The van der Waals surface area contributed by atoms with Gasteiger partial charge in [-0.2, -0.15) is 0 Å². The highest BCUT2D eigenvalue weighted by Gasteiger charge is 2.32. The van der Waals surface area contributed by atoms with Crippen LogP contribution in [-0.2, 0) is 14.8 Å². The van der Waals surface area contributed by atoms with Gasteiger partial charge in [-0.25, -0.2) is 13.2 Å². The van der Waals surface area contributed by atoms with E-state index >= 15 is 0 Å². The number of anilines is 2. The van der Waals surface area contributed by atoms with Gasteiger partial charge in [-0.15, -0.1) is 0 Å². The highest BCUT2D eigenvalue weighted by atomic mass is 35.5. The molecule has 0 aliphatic heterocycles. The van der Waals surface area contributed by atoms with E-state index in [9.17, 15) is 22.8 Å². The van der Waals surface area contributed by atoms with Crippen molar-refractivity contribution in [1.29, 1.82) is 0 Å². The Morgan fingerprint density at radius 1 is 1.00 bits per heavy atom. The number of aryl methyl sites for hydroxylation is 3. The molecule has 0 radical (unpaired) electrons. The monoisotopic (exact) mass is 476 g/mol. The number of aromatic nitrogens is 2. The Morgan fingerprint density at radius 3 is 2.16 bits per heavy atom. The smallest absolute Gasteiger partial charge is 0.325 e. The molecule has 2 aromatic carbocycles. The van der Waals surface area contributed by atoms with Gasteiger partial charge in [0.25, 0.3) is 15.6 Å². The van der Waals surface area contributed by atoms with Gasteiger partial charge in [-0.1, -0.05) is 17.7 Å². The molecule has 32 heavy (non-hydrogen) atoms. The molecule has 1 amide bonds. The van der Waals surface area contributed by atoms with Crippen LogP contribution in [0.1, 0.15) is 16.8 Å². The van der Waals surface area contributed by atoms with Gasteiger partial charge < -0.3 is 10.3 Å². The molecule has 3 rings (SSSR count). The van der Waals surface area contributed by atoms with E-state index in [-0.39, 0.29) is 11.4 Å². The molecule has 0 atom stereocenters. The minimum Gasteiger partial charge on any atom is -0.325 e. The molecule has 168 valence electrons. The molecule has 1 heterocycles. The van der Waals surface area contributed by atoms with Gasteiger partial charge in [0.1, 0.15) is 6.54 Å². The van der Waals surface area contributed by atoms with Crippen LogP contribution in [0.4, 0.5) is 11.4 Å². The van der Waals surface area contributed by atoms with E-state index in [1.165, 1.54) is 6.92 Å². The van der Waals surface area contributed by atoms with E-state index in [0.29, 0.717) is 10.7 Å². The highest BCUT2D eigenvalue weighted by molar-refractivity contribution is 7.92. The first-order chi connectivity index (χ1) is 15.0. The molecule has 0 aliphatic carbocycles. The lowest BCUT2D eigenvalue weighted by Crippen LogP contribution is -2.42. The van der Waals surface area contributed by atoms with E-state index in [1.54, 1.807) is 50.2 Å². The fraction of sp³-hybridized carbons (Fsp3) is 0.190. The summed E-state index contributed by atoms with van der Waals surface area (Å²) in [5.74, 6) is -0.631. The molecule has 0 saturated carbocycles.